The Labute approximate surface area is 90.7 Å². The molecule has 0 aromatic rings. The van der Waals surface area contributed by atoms with Crippen LogP contribution in [0.5, 0.6) is 0 Å². The van der Waals surface area contributed by atoms with Gasteiger partial charge >= 0.3 is 0 Å². The van der Waals surface area contributed by atoms with E-state index in [1.165, 1.54) is 19.3 Å². The van der Waals surface area contributed by atoms with Crippen molar-refractivity contribution in [2.45, 2.75) is 66.8 Å². The minimum Gasteiger partial charge on any atom is -0.314 e. The van der Waals surface area contributed by atoms with Crippen LogP contribution >= 0.6 is 0 Å². The Morgan fingerprint density at radius 3 is 2.14 bits per heavy atom. The Balaban J connectivity index is 3.94. The van der Waals surface area contributed by atoms with Gasteiger partial charge in [0.1, 0.15) is 0 Å². The van der Waals surface area contributed by atoms with Crippen LogP contribution in [0.25, 0.3) is 0 Å². The van der Waals surface area contributed by atoms with Crippen LogP contribution in [0, 0.1) is 11.3 Å². The van der Waals surface area contributed by atoms with Crippen LogP contribution in [0.1, 0.15) is 60.8 Å². The molecule has 0 aliphatic heterocycles. The van der Waals surface area contributed by atoms with Crippen molar-refractivity contribution in [3.05, 3.63) is 0 Å². The van der Waals surface area contributed by atoms with Crippen molar-refractivity contribution in [1.82, 2.24) is 5.32 Å². The standard InChI is InChI=1S/C13H29N/c1-7-9-14-12(4)10-13(5,6)11(3)8-2/h11-12,14H,7-10H2,1-6H3. The lowest BCUT2D eigenvalue weighted by Crippen LogP contribution is -2.34. The maximum atomic E-state index is 3.57. The first-order chi connectivity index (χ1) is 6.44. The molecule has 0 heterocycles. The van der Waals surface area contributed by atoms with Crippen molar-refractivity contribution < 1.29 is 0 Å². The molecule has 0 fully saturated rings. The van der Waals surface area contributed by atoms with Gasteiger partial charge in [-0.2, -0.15) is 0 Å². The third kappa shape index (κ3) is 4.99. The zero-order valence-electron chi connectivity index (χ0n) is 11.0. The van der Waals surface area contributed by atoms with Gasteiger partial charge in [-0.15, -0.1) is 0 Å². The fourth-order valence-corrected chi connectivity index (χ4v) is 2.01. The minimum absolute atomic E-state index is 0.467. The van der Waals surface area contributed by atoms with Gasteiger partial charge in [-0.05, 0) is 37.6 Å². The molecule has 0 aliphatic rings. The highest BCUT2D eigenvalue weighted by atomic mass is 14.9. The van der Waals surface area contributed by atoms with Crippen LogP contribution in [-0.4, -0.2) is 12.6 Å². The zero-order chi connectivity index (χ0) is 11.2. The van der Waals surface area contributed by atoms with Crippen molar-refractivity contribution >= 4 is 0 Å². The summed E-state index contributed by atoms with van der Waals surface area (Å²) in [6, 6.07) is 0.652. The zero-order valence-corrected chi connectivity index (χ0v) is 11.0. The summed E-state index contributed by atoms with van der Waals surface area (Å²) in [5.74, 6) is 0.813. The molecule has 1 heteroatoms. The maximum Gasteiger partial charge on any atom is 0.00439 e. The highest BCUT2D eigenvalue weighted by molar-refractivity contribution is 4.79. The summed E-state index contributed by atoms with van der Waals surface area (Å²) in [7, 11) is 0. The monoisotopic (exact) mass is 199 g/mol. The molecule has 0 aromatic heterocycles. The van der Waals surface area contributed by atoms with Gasteiger partial charge in [0.25, 0.3) is 0 Å². The molecule has 0 radical (unpaired) electrons. The van der Waals surface area contributed by atoms with Crippen molar-refractivity contribution in [2.75, 3.05) is 6.54 Å². The molecule has 0 aromatic carbocycles. The quantitative estimate of drug-likeness (QED) is 0.657. The van der Waals surface area contributed by atoms with E-state index in [-0.39, 0.29) is 0 Å². The molecule has 1 N–H and O–H groups in total. The molecule has 0 amide bonds. The van der Waals surface area contributed by atoms with Gasteiger partial charge in [0.2, 0.25) is 0 Å². The summed E-state index contributed by atoms with van der Waals surface area (Å²) >= 11 is 0. The van der Waals surface area contributed by atoms with Crippen molar-refractivity contribution in [3.8, 4) is 0 Å². The second-order valence-corrected chi connectivity index (χ2v) is 5.36. The summed E-state index contributed by atoms with van der Waals surface area (Å²) in [4.78, 5) is 0. The Hall–Kier alpha value is -0.0400. The van der Waals surface area contributed by atoms with E-state index in [4.69, 9.17) is 0 Å². The lowest BCUT2D eigenvalue weighted by molar-refractivity contribution is 0.184. The highest BCUT2D eigenvalue weighted by Gasteiger charge is 2.26. The molecule has 0 saturated carbocycles. The van der Waals surface area contributed by atoms with Crippen LogP contribution in [0.3, 0.4) is 0 Å². The molecule has 2 atom stereocenters. The van der Waals surface area contributed by atoms with E-state index >= 15 is 0 Å². The first-order valence-corrected chi connectivity index (χ1v) is 6.17. The van der Waals surface area contributed by atoms with Crippen LogP contribution < -0.4 is 5.32 Å². The van der Waals surface area contributed by atoms with Crippen LogP contribution in [-0.2, 0) is 0 Å². The smallest absolute Gasteiger partial charge is 0.00439 e. The van der Waals surface area contributed by atoms with E-state index in [0.29, 0.717) is 11.5 Å². The van der Waals surface area contributed by atoms with E-state index in [9.17, 15) is 0 Å². The topological polar surface area (TPSA) is 12.0 Å². The summed E-state index contributed by atoms with van der Waals surface area (Å²) in [5, 5.41) is 3.57. The van der Waals surface area contributed by atoms with Crippen molar-refractivity contribution in [3.63, 3.8) is 0 Å². The second-order valence-electron chi connectivity index (χ2n) is 5.36. The molecule has 0 aliphatic carbocycles. The van der Waals surface area contributed by atoms with Gasteiger partial charge in [-0.3, -0.25) is 0 Å². The third-order valence-electron chi connectivity index (χ3n) is 3.52. The van der Waals surface area contributed by atoms with Gasteiger partial charge < -0.3 is 5.32 Å². The fourth-order valence-electron chi connectivity index (χ4n) is 2.01. The molecule has 14 heavy (non-hydrogen) atoms. The van der Waals surface area contributed by atoms with Gasteiger partial charge in [-0.1, -0.05) is 41.0 Å². The normalized spacial score (nSPS) is 16.7. The number of hydrogen-bond acceptors (Lipinski definition) is 1. The number of rotatable bonds is 7. The second kappa shape index (κ2) is 6.44. The summed E-state index contributed by atoms with van der Waals surface area (Å²) in [6.07, 6.45) is 3.80. The number of hydrogen-bond donors (Lipinski definition) is 1. The Morgan fingerprint density at radius 2 is 1.71 bits per heavy atom. The summed E-state index contributed by atoms with van der Waals surface area (Å²) in [5.41, 5.74) is 0.467. The lowest BCUT2D eigenvalue weighted by atomic mass is 9.74. The van der Waals surface area contributed by atoms with E-state index in [0.717, 1.165) is 12.5 Å². The average Bonchev–Trinajstić information content (AvgIpc) is 2.12. The van der Waals surface area contributed by atoms with E-state index in [1.54, 1.807) is 0 Å². The summed E-state index contributed by atoms with van der Waals surface area (Å²) < 4.78 is 0. The van der Waals surface area contributed by atoms with Crippen LogP contribution in [0.15, 0.2) is 0 Å². The molecular formula is C13H29N. The Bertz CT molecular complexity index is 140. The molecule has 0 saturated heterocycles. The SMILES string of the molecule is CCCNC(C)CC(C)(C)C(C)CC. The Morgan fingerprint density at radius 1 is 1.14 bits per heavy atom. The molecule has 0 rings (SSSR count). The van der Waals surface area contributed by atoms with Crippen LogP contribution in [0.4, 0.5) is 0 Å². The van der Waals surface area contributed by atoms with E-state index < -0.39 is 0 Å². The van der Waals surface area contributed by atoms with E-state index in [2.05, 4.69) is 46.9 Å². The molecule has 0 bridgehead atoms. The third-order valence-corrected chi connectivity index (χ3v) is 3.52. The lowest BCUT2D eigenvalue weighted by Gasteiger charge is -2.34. The Kier molecular flexibility index (Phi) is 6.43. The first kappa shape index (κ1) is 14.0. The van der Waals surface area contributed by atoms with Crippen molar-refractivity contribution in [1.29, 1.82) is 0 Å². The van der Waals surface area contributed by atoms with Gasteiger partial charge in [0.05, 0.1) is 0 Å². The van der Waals surface area contributed by atoms with Gasteiger partial charge in [0, 0.05) is 6.04 Å². The first-order valence-electron chi connectivity index (χ1n) is 6.17. The van der Waals surface area contributed by atoms with Gasteiger partial charge in [-0.25, -0.2) is 0 Å². The molecule has 86 valence electrons. The molecule has 2 unspecified atom stereocenters. The van der Waals surface area contributed by atoms with Gasteiger partial charge in [0.15, 0.2) is 0 Å². The fraction of sp³-hybridized carbons (Fsp3) is 1.00. The highest BCUT2D eigenvalue weighted by Crippen LogP contribution is 2.33. The van der Waals surface area contributed by atoms with Crippen LogP contribution in [0.2, 0.25) is 0 Å². The molecular weight excluding hydrogens is 170 g/mol. The summed E-state index contributed by atoms with van der Waals surface area (Å²) in [6.45, 7) is 15.1. The predicted molar refractivity (Wildman–Crippen MR) is 65.6 cm³/mol. The van der Waals surface area contributed by atoms with Crippen molar-refractivity contribution in [2.24, 2.45) is 11.3 Å². The van der Waals surface area contributed by atoms with E-state index in [1.807, 2.05) is 0 Å². The number of nitrogens with one attached hydrogen (secondary N) is 1. The largest absolute Gasteiger partial charge is 0.314 e. The minimum atomic E-state index is 0.467. The average molecular weight is 199 g/mol. The molecule has 1 nitrogen and oxygen atoms in total. The maximum absolute atomic E-state index is 3.57. The molecule has 0 spiro atoms. The predicted octanol–water partition coefficient (Wildman–Crippen LogP) is 3.84.